The first-order chi connectivity index (χ1) is 11.3. The van der Waals surface area contributed by atoms with Gasteiger partial charge >= 0.3 is 0 Å². The Balaban J connectivity index is 1.51. The Kier molecular flexibility index (Phi) is 4.34. The molecule has 124 valence electrons. The van der Waals surface area contributed by atoms with E-state index in [4.69, 9.17) is 0 Å². The smallest absolute Gasteiger partial charge is 0.226 e. The molecule has 23 heavy (non-hydrogen) atoms. The van der Waals surface area contributed by atoms with Crippen LogP contribution in [0.15, 0.2) is 24.4 Å². The number of hydrogen-bond acceptors (Lipinski definition) is 3. The van der Waals surface area contributed by atoms with E-state index >= 15 is 0 Å². The largest absolute Gasteiger partial charge is 0.334 e. The second-order valence-electron chi connectivity index (χ2n) is 7.41. The van der Waals surface area contributed by atoms with Crippen LogP contribution in [-0.2, 0) is 11.3 Å². The minimum atomic E-state index is 0.323. The van der Waals surface area contributed by atoms with Crippen molar-refractivity contribution in [2.75, 3.05) is 13.1 Å². The van der Waals surface area contributed by atoms with E-state index in [1.54, 1.807) is 0 Å². The predicted octanol–water partition coefficient (Wildman–Crippen LogP) is 2.60. The van der Waals surface area contributed by atoms with Gasteiger partial charge in [0.25, 0.3) is 0 Å². The number of pyridine rings is 1. The van der Waals surface area contributed by atoms with Crippen LogP contribution < -0.4 is 5.32 Å². The molecule has 0 aromatic carbocycles. The molecule has 2 heterocycles. The molecule has 1 aliphatic heterocycles. The molecule has 2 saturated carbocycles. The number of carbonyl (C=O) groups excluding carboxylic acids is 1. The Hall–Kier alpha value is -1.42. The molecule has 4 heteroatoms. The number of amides is 1. The fourth-order valence-corrected chi connectivity index (χ4v) is 4.74. The predicted molar refractivity (Wildman–Crippen MR) is 89.6 cm³/mol. The highest BCUT2D eigenvalue weighted by Crippen LogP contribution is 2.58. The van der Waals surface area contributed by atoms with Gasteiger partial charge in [-0.25, -0.2) is 0 Å². The number of nitrogens with one attached hydrogen (secondary N) is 1. The number of hydrogen-bond donors (Lipinski definition) is 1. The van der Waals surface area contributed by atoms with Gasteiger partial charge in [-0.15, -0.1) is 0 Å². The Labute approximate surface area is 138 Å². The number of carbonyl (C=O) groups is 1. The van der Waals surface area contributed by atoms with Crippen molar-refractivity contribution in [3.05, 3.63) is 30.1 Å². The summed E-state index contributed by atoms with van der Waals surface area (Å²) in [5.41, 5.74) is 1.02. The molecule has 1 amide bonds. The van der Waals surface area contributed by atoms with E-state index in [-0.39, 0.29) is 0 Å². The van der Waals surface area contributed by atoms with Gasteiger partial charge in [0, 0.05) is 18.2 Å². The summed E-state index contributed by atoms with van der Waals surface area (Å²) >= 11 is 0. The first-order valence-corrected chi connectivity index (χ1v) is 9.25. The molecule has 4 nitrogen and oxygen atoms in total. The van der Waals surface area contributed by atoms with E-state index in [2.05, 4.69) is 15.2 Å². The highest BCUT2D eigenvalue weighted by atomic mass is 16.2. The first kappa shape index (κ1) is 15.1. The van der Waals surface area contributed by atoms with Crippen molar-refractivity contribution in [2.45, 2.75) is 51.1 Å². The second-order valence-corrected chi connectivity index (χ2v) is 7.41. The van der Waals surface area contributed by atoms with Gasteiger partial charge in [-0.2, -0.15) is 0 Å². The quantitative estimate of drug-likeness (QED) is 0.929. The van der Waals surface area contributed by atoms with Crippen LogP contribution in [0.25, 0.3) is 0 Å². The Morgan fingerprint density at radius 3 is 2.78 bits per heavy atom. The molecule has 1 N–H and O–H groups in total. The SMILES string of the molecule is O=C(C1C2CCCC21)N(Cc1ccccn1)C1CCCNCC1. The lowest BCUT2D eigenvalue weighted by Gasteiger charge is -2.31. The summed E-state index contributed by atoms with van der Waals surface area (Å²) in [6, 6.07) is 6.38. The van der Waals surface area contributed by atoms with Crippen LogP contribution in [0.5, 0.6) is 0 Å². The van der Waals surface area contributed by atoms with Crippen LogP contribution in [0.1, 0.15) is 44.2 Å². The summed E-state index contributed by atoms with van der Waals surface area (Å²) in [7, 11) is 0. The lowest BCUT2D eigenvalue weighted by molar-refractivity contribution is -0.136. The average Bonchev–Trinajstić information content (AvgIpc) is 3.19. The summed E-state index contributed by atoms with van der Waals surface area (Å²) in [6.45, 7) is 2.78. The second kappa shape index (κ2) is 6.60. The van der Waals surface area contributed by atoms with Gasteiger partial charge < -0.3 is 10.2 Å². The zero-order valence-corrected chi connectivity index (χ0v) is 13.8. The standard InChI is InChI=1S/C19H27N3O/c23-19(18-16-7-3-8-17(16)18)22(13-14-5-1-2-11-21-14)15-6-4-10-20-12-9-15/h1-2,5,11,15-18,20H,3-4,6-10,12-13H2. The fraction of sp³-hybridized carbons (Fsp3) is 0.684. The summed E-state index contributed by atoms with van der Waals surface area (Å²) in [5, 5.41) is 3.47. The van der Waals surface area contributed by atoms with Crippen molar-refractivity contribution in [2.24, 2.45) is 17.8 Å². The van der Waals surface area contributed by atoms with Crippen LogP contribution in [0.2, 0.25) is 0 Å². The van der Waals surface area contributed by atoms with Crippen LogP contribution in [0, 0.1) is 17.8 Å². The summed E-state index contributed by atoms with van der Waals surface area (Å²) in [5.74, 6) is 2.12. The molecule has 0 spiro atoms. The van der Waals surface area contributed by atoms with E-state index < -0.39 is 0 Å². The third-order valence-corrected chi connectivity index (χ3v) is 6.02. The van der Waals surface area contributed by atoms with Crippen LogP contribution in [0.3, 0.4) is 0 Å². The highest BCUT2D eigenvalue weighted by Gasteiger charge is 2.57. The molecule has 3 aliphatic rings. The van der Waals surface area contributed by atoms with Crippen LogP contribution >= 0.6 is 0 Å². The first-order valence-electron chi connectivity index (χ1n) is 9.25. The van der Waals surface area contributed by atoms with Gasteiger partial charge in [0.2, 0.25) is 5.91 Å². The molecule has 1 aromatic heterocycles. The molecule has 2 aliphatic carbocycles. The third kappa shape index (κ3) is 3.14. The summed E-state index contributed by atoms with van der Waals surface area (Å²) in [6.07, 6.45) is 9.04. The molecule has 1 aromatic rings. The van der Waals surface area contributed by atoms with Crippen molar-refractivity contribution in [1.82, 2.24) is 15.2 Å². The Morgan fingerprint density at radius 2 is 2.00 bits per heavy atom. The molecule has 0 radical (unpaired) electrons. The van der Waals surface area contributed by atoms with Crippen molar-refractivity contribution >= 4 is 5.91 Å². The zero-order chi connectivity index (χ0) is 15.6. The molecule has 3 atom stereocenters. The van der Waals surface area contributed by atoms with Gasteiger partial charge in [-0.1, -0.05) is 12.5 Å². The van der Waals surface area contributed by atoms with Gasteiger partial charge in [-0.3, -0.25) is 9.78 Å². The monoisotopic (exact) mass is 313 g/mol. The fourth-order valence-electron chi connectivity index (χ4n) is 4.74. The number of aromatic nitrogens is 1. The maximum absolute atomic E-state index is 13.2. The van der Waals surface area contributed by atoms with Gasteiger partial charge in [0.15, 0.2) is 0 Å². The van der Waals surface area contributed by atoms with Crippen molar-refractivity contribution in [3.8, 4) is 0 Å². The molecular formula is C19H27N3O. The minimum Gasteiger partial charge on any atom is -0.334 e. The molecule has 1 saturated heterocycles. The number of nitrogens with zero attached hydrogens (tertiary/aromatic N) is 2. The topological polar surface area (TPSA) is 45.2 Å². The van der Waals surface area contributed by atoms with E-state index in [0.717, 1.165) is 38.0 Å². The van der Waals surface area contributed by atoms with Crippen LogP contribution in [-0.4, -0.2) is 34.9 Å². The lowest BCUT2D eigenvalue weighted by atomic mass is 10.0. The Morgan fingerprint density at radius 1 is 1.13 bits per heavy atom. The molecule has 4 rings (SSSR count). The van der Waals surface area contributed by atoms with E-state index in [1.807, 2.05) is 24.4 Å². The number of fused-ring (bicyclic) bond motifs is 1. The maximum Gasteiger partial charge on any atom is 0.226 e. The van der Waals surface area contributed by atoms with E-state index in [1.165, 1.54) is 19.3 Å². The van der Waals surface area contributed by atoms with Crippen molar-refractivity contribution < 1.29 is 4.79 Å². The van der Waals surface area contributed by atoms with Crippen LogP contribution in [0.4, 0.5) is 0 Å². The van der Waals surface area contributed by atoms with Crippen molar-refractivity contribution in [3.63, 3.8) is 0 Å². The summed E-state index contributed by atoms with van der Waals surface area (Å²) < 4.78 is 0. The minimum absolute atomic E-state index is 0.323. The molecule has 3 unspecified atom stereocenters. The third-order valence-electron chi connectivity index (χ3n) is 6.02. The van der Waals surface area contributed by atoms with Gasteiger partial charge in [0.1, 0.15) is 0 Å². The van der Waals surface area contributed by atoms with Crippen molar-refractivity contribution in [1.29, 1.82) is 0 Å². The van der Waals surface area contributed by atoms with Gasteiger partial charge in [-0.05, 0) is 69.2 Å². The zero-order valence-electron chi connectivity index (χ0n) is 13.8. The normalized spacial score (nSPS) is 32.9. The highest BCUT2D eigenvalue weighted by molar-refractivity contribution is 5.83. The van der Waals surface area contributed by atoms with E-state index in [0.29, 0.717) is 36.2 Å². The molecule has 0 bridgehead atoms. The summed E-state index contributed by atoms with van der Waals surface area (Å²) in [4.78, 5) is 19.9. The Bertz CT molecular complexity index is 529. The van der Waals surface area contributed by atoms with E-state index in [9.17, 15) is 4.79 Å². The molecular weight excluding hydrogens is 286 g/mol. The number of rotatable bonds is 4. The average molecular weight is 313 g/mol. The maximum atomic E-state index is 13.2. The molecule has 3 fully saturated rings. The van der Waals surface area contributed by atoms with Gasteiger partial charge in [0.05, 0.1) is 12.2 Å². The lowest BCUT2D eigenvalue weighted by Crippen LogP contribution is -2.42.